The second kappa shape index (κ2) is 9.58. The Morgan fingerprint density at radius 1 is 1.13 bits per heavy atom. The van der Waals surface area contributed by atoms with Crippen molar-refractivity contribution in [2.45, 2.75) is 44.9 Å². The molecule has 0 bridgehead atoms. The summed E-state index contributed by atoms with van der Waals surface area (Å²) in [5.41, 5.74) is 3.43. The predicted octanol–water partition coefficient (Wildman–Crippen LogP) is 2.83. The van der Waals surface area contributed by atoms with Crippen LogP contribution < -0.4 is 4.74 Å². The van der Waals surface area contributed by atoms with E-state index in [1.54, 1.807) is 0 Å². The molecule has 1 aromatic carbocycles. The third-order valence-electron chi connectivity index (χ3n) is 6.19. The van der Waals surface area contributed by atoms with Gasteiger partial charge in [0.2, 0.25) is 0 Å². The number of para-hydroxylation sites is 1. The molecule has 0 unspecified atom stereocenters. The maximum atomic E-state index is 12.9. The van der Waals surface area contributed by atoms with Crippen molar-refractivity contribution < 1.29 is 14.3 Å². The SMILES string of the molecule is Cc1cccnc1CN1C[C@@H]2[C@@H](C1)OCCCCc1ccccc1OCC(=O)N2C. The largest absolute Gasteiger partial charge is 0.483 e. The van der Waals surface area contributed by atoms with Crippen LogP contribution in [-0.4, -0.2) is 66.2 Å². The van der Waals surface area contributed by atoms with Crippen LogP contribution in [-0.2, 0) is 22.5 Å². The van der Waals surface area contributed by atoms with E-state index in [0.29, 0.717) is 6.61 Å². The lowest BCUT2D eigenvalue weighted by molar-refractivity contribution is -0.136. The summed E-state index contributed by atoms with van der Waals surface area (Å²) in [4.78, 5) is 21.6. The number of amides is 1. The fraction of sp³-hybridized carbons (Fsp3) is 0.500. The lowest BCUT2D eigenvalue weighted by Gasteiger charge is -2.29. The number of carbonyl (C=O) groups is 1. The molecular weight excluding hydrogens is 378 g/mol. The van der Waals surface area contributed by atoms with Crippen molar-refractivity contribution in [3.05, 3.63) is 59.4 Å². The van der Waals surface area contributed by atoms with Crippen LogP contribution in [0.25, 0.3) is 0 Å². The summed E-state index contributed by atoms with van der Waals surface area (Å²) in [6, 6.07) is 12.1. The molecule has 6 nitrogen and oxygen atoms in total. The third kappa shape index (κ3) is 4.82. The van der Waals surface area contributed by atoms with Gasteiger partial charge in [-0.15, -0.1) is 0 Å². The van der Waals surface area contributed by atoms with E-state index in [1.807, 2.05) is 42.4 Å². The molecule has 4 rings (SSSR count). The average Bonchev–Trinajstić information content (AvgIpc) is 3.15. The van der Waals surface area contributed by atoms with Crippen molar-refractivity contribution in [1.82, 2.24) is 14.8 Å². The van der Waals surface area contributed by atoms with E-state index in [9.17, 15) is 4.79 Å². The molecule has 2 aliphatic heterocycles. The quantitative estimate of drug-likeness (QED) is 0.764. The normalized spacial score (nSPS) is 23.5. The van der Waals surface area contributed by atoms with Gasteiger partial charge < -0.3 is 14.4 Å². The van der Waals surface area contributed by atoms with Gasteiger partial charge in [0.05, 0.1) is 17.8 Å². The van der Waals surface area contributed by atoms with E-state index >= 15 is 0 Å². The summed E-state index contributed by atoms with van der Waals surface area (Å²) in [7, 11) is 1.87. The van der Waals surface area contributed by atoms with Gasteiger partial charge in [0, 0.05) is 39.5 Å². The molecule has 160 valence electrons. The van der Waals surface area contributed by atoms with Crippen molar-refractivity contribution in [2.24, 2.45) is 0 Å². The number of likely N-dealkylation sites (tertiary alicyclic amines) is 1. The van der Waals surface area contributed by atoms with Gasteiger partial charge in [0.25, 0.3) is 5.91 Å². The van der Waals surface area contributed by atoms with Crippen LogP contribution in [0.15, 0.2) is 42.6 Å². The van der Waals surface area contributed by atoms with Gasteiger partial charge in [0.1, 0.15) is 5.75 Å². The number of hydrogen-bond donors (Lipinski definition) is 0. The molecule has 0 radical (unpaired) electrons. The molecule has 1 aromatic heterocycles. The number of aromatic nitrogens is 1. The van der Waals surface area contributed by atoms with Gasteiger partial charge in [-0.1, -0.05) is 24.3 Å². The van der Waals surface area contributed by atoms with Crippen molar-refractivity contribution in [3.8, 4) is 5.75 Å². The third-order valence-corrected chi connectivity index (χ3v) is 6.19. The Kier molecular flexibility index (Phi) is 6.65. The van der Waals surface area contributed by atoms with E-state index in [-0.39, 0.29) is 24.7 Å². The molecule has 1 fully saturated rings. The maximum Gasteiger partial charge on any atom is 0.260 e. The van der Waals surface area contributed by atoms with Crippen LogP contribution in [0.5, 0.6) is 5.75 Å². The van der Waals surface area contributed by atoms with Crippen LogP contribution in [0.2, 0.25) is 0 Å². The summed E-state index contributed by atoms with van der Waals surface area (Å²) < 4.78 is 12.2. The van der Waals surface area contributed by atoms with Crippen LogP contribution in [0.3, 0.4) is 0 Å². The Morgan fingerprint density at radius 2 is 2.00 bits per heavy atom. The Labute approximate surface area is 178 Å². The number of aryl methyl sites for hydroxylation is 2. The van der Waals surface area contributed by atoms with Crippen LogP contribution in [0, 0.1) is 6.92 Å². The smallest absolute Gasteiger partial charge is 0.260 e. The first-order valence-electron chi connectivity index (χ1n) is 10.8. The van der Waals surface area contributed by atoms with Gasteiger partial charge in [-0.3, -0.25) is 14.7 Å². The zero-order valence-electron chi connectivity index (χ0n) is 17.9. The minimum Gasteiger partial charge on any atom is -0.483 e. The summed E-state index contributed by atoms with van der Waals surface area (Å²) in [6.07, 6.45) is 4.81. The lowest BCUT2D eigenvalue weighted by atomic mass is 10.1. The minimum atomic E-state index is -0.0153. The molecule has 0 saturated carbocycles. The van der Waals surface area contributed by atoms with Crippen molar-refractivity contribution >= 4 is 5.91 Å². The second-order valence-corrected chi connectivity index (χ2v) is 8.30. The number of pyridine rings is 1. The molecule has 0 aliphatic carbocycles. The first-order chi connectivity index (χ1) is 14.6. The topological polar surface area (TPSA) is 54.9 Å². The van der Waals surface area contributed by atoms with E-state index in [4.69, 9.17) is 9.47 Å². The molecular formula is C24H31N3O3. The van der Waals surface area contributed by atoms with E-state index in [1.165, 1.54) is 5.56 Å². The molecule has 30 heavy (non-hydrogen) atoms. The predicted molar refractivity (Wildman–Crippen MR) is 115 cm³/mol. The molecule has 2 aliphatic rings. The molecule has 1 saturated heterocycles. The Hall–Kier alpha value is -2.44. The zero-order valence-corrected chi connectivity index (χ0v) is 17.9. The van der Waals surface area contributed by atoms with Crippen molar-refractivity contribution in [3.63, 3.8) is 0 Å². The minimum absolute atomic E-state index is 0.00565. The molecule has 0 N–H and O–H groups in total. The summed E-state index contributed by atoms with van der Waals surface area (Å²) >= 11 is 0. The fourth-order valence-electron chi connectivity index (χ4n) is 4.32. The van der Waals surface area contributed by atoms with E-state index in [2.05, 4.69) is 28.9 Å². The fourth-order valence-corrected chi connectivity index (χ4v) is 4.32. The van der Waals surface area contributed by atoms with E-state index < -0.39 is 0 Å². The number of ether oxygens (including phenoxy) is 2. The highest BCUT2D eigenvalue weighted by Crippen LogP contribution is 2.24. The van der Waals surface area contributed by atoms with Crippen LogP contribution in [0.1, 0.15) is 29.7 Å². The second-order valence-electron chi connectivity index (χ2n) is 8.30. The first-order valence-corrected chi connectivity index (χ1v) is 10.8. The lowest BCUT2D eigenvalue weighted by Crippen LogP contribution is -2.47. The van der Waals surface area contributed by atoms with E-state index in [0.717, 1.165) is 55.9 Å². The number of carbonyl (C=O) groups excluding carboxylic acids is 1. The van der Waals surface area contributed by atoms with Crippen LogP contribution >= 0.6 is 0 Å². The average molecular weight is 410 g/mol. The van der Waals surface area contributed by atoms with Gasteiger partial charge in [-0.05, 0) is 49.4 Å². The first kappa shape index (κ1) is 20.8. The van der Waals surface area contributed by atoms with Crippen molar-refractivity contribution in [1.29, 1.82) is 0 Å². The van der Waals surface area contributed by atoms with Gasteiger partial charge in [-0.25, -0.2) is 0 Å². The Balaban J connectivity index is 1.47. The maximum absolute atomic E-state index is 12.9. The highest BCUT2D eigenvalue weighted by molar-refractivity contribution is 5.78. The molecule has 0 spiro atoms. The van der Waals surface area contributed by atoms with Crippen LogP contribution in [0.4, 0.5) is 0 Å². The standard InChI is InChI=1S/C24H31N3O3/c1-18-8-7-12-25-20(18)14-27-15-21-23(16-27)29-13-6-5-10-19-9-3-4-11-22(19)30-17-24(28)26(21)2/h3-4,7-9,11-12,21,23H,5-6,10,13-17H2,1-2H3/t21-,23-/m1/s1. The highest BCUT2D eigenvalue weighted by Gasteiger charge is 2.38. The zero-order chi connectivity index (χ0) is 20.9. The number of hydrogen-bond acceptors (Lipinski definition) is 5. The molecule has 2 aromatic rings. The molecule has 2 atom stereocenters. The number of fused-ring (bicyclic) bond motifs is 2. The Morgan fingerprint density at radius 3 is 2.87 bits per heavy atom. The number of benzene rings is 1. The van der Waals surface area contributed by atoms with Gasteiger partial charge in [0.15, 0.2) is 6.61 Å². The summed E-state index contributed by atoms with van der Waals surface area (Å²) in [5.74, 6) is 0.799. The monoisotopic (exact) mass is 409 g/mol. The number of rotatable bonds is 2. The molecule has 6 heteroatoms. The number of nitrogens with zero attached hydrogens (tertiary/aromatic N) is 3. The Bertz CT molecular complexity index is 872. The van der Waals surface area contributed by atoms with Gasteiger partial charge >= 0.3 is 0 Å². The molecule has 1 amide bonds. The van der Waals surface area contributed by atoms with Crippen molar-refractivity contribution in [2.75, 3.05) is 33.4 Å². The summed E-state index contributed by atoms with van der Waals surface area (Å²) in [6.45, 7) is 5.21. The number of likely N-dealkylation sites (N-methyl/N-ethyl adjacent to an activating group) is 1. The summed E-state index contributed by atoms with van der Waals surface area (Å²) in [5, 5.41) is 0. The molecule has 3 heterocycles. The highest BCUT2D eigenvalue weighted by atomic mass is 16.5. The van der Waals surface area contributed by atoms with Gasteiger partial charge in [-0.2, -0.15) is 0 Å².